The molecule has 0 unspecified atom stereocenters. The van der Waals surface area contributed by atoms with E-state index < -0.39 is 0 Å². The van der Waals surface area contributed by atoms with Crippen molar-refractivity contribution >= 4 is 5.82 Å². The highest BCUT2D eigenvalue weighted by molar-refractivity contribution is 5.33. The predicted octanol–water partition coefficient (Wildman–Crippen LogP) is 2.27. The van der Waals surface area contributed by atoms with Gasteiger partial charge in [0.2, 0.25) is 0 Å². The zero-order valence-electron chi connectivity index (χ0n) is 9.57. The molecule has 3 heteroatoms. The third kappa shape index (κ3) is 2.37. The van der Waals surface area contributed by atoms with Crippen molar-refractivity contribution < 1.29 is 0 Å². The Morgan fingerprint density at radius 2 is 2.00 bits per heavy atom. The van der Waals surface area contributed by atoms with Crippen LogP contribution in [0.25, 0.3) is 0 Å². The molecule has 0 radical (unpaired) electrons. The number of rotatable bonds is 2. The minimum absolute atomic E-state index is 0.523. The van der Waals surface area contributed by atoms with Gasteiger partial charge < -0.3 is 5.73 Å². The zero-order chi connectivity index (χ0) is 11.5. The molecular formula is C13H15N3. The van der Waals surface area contributed by atoms with E-state index in [-0.39, 0.29) is 0 Å². The van der Waals surface area contributed by atoms with Gasteiger partial charge in [0.1, 0.15) is 11.6 Å². The largest absolute Gasteiger partial charge is 0.384 e. The Kier molecular flexibility index (Phi) is 2.86. The molecule has 2 N–H and O–H groups in total. The van der Waals surface area contributed by atoms with E-state index in [9.17, 15) is 0 Å². The maximum atomic E-state index is 5.62. The molecular weight excluding hydrogens is 198 g/mol. The standard InChI is InChI=1S/C13H15N3/c1-9-3-4-11(10(2)7-9)8-13-15-6-5-12(14)16-13/h3-7H,8H2,1-2H3,(H2,14,15,16). The van der Waals surface area contributed by atoms with Crippen LogP contribution in [0.5, 0.6) is 0 Å². The second-order valence-electron chi connectivity index (χ2n) is 4.00. The molecule has 2 aromatic rings. The molecule has 0 aliphatic rings. The van der Waals surface area contributed by atoms with Crippen molar-refractivity contribution in [2.75, 3.05) is 5.73 Å². The molecule has 0 aliphatic carbocycles. The van der Waals surface area contributed by atoms with E-state index in [1.165, 1.54) is 16.7 Å². The van der Waals surface area contributed by atoms with Crippen LogP contribution in [-0.4, -0.2) is 9.97 Å². The SMILES string of the molecule is Cc1ccc(Cc2nccc(N)n2)c(C)c1. The van der Waals surface area contributed by atoms with Crippen molar-refractivity contribution in [2.24, 2.45) is 0 Å². The third-order valence-electron chi connectivity index (χ3n) is 2.57. The summed E-state index contributed by atoms with van der Waals surface area (Å²) < 4.78 is 0. The summed E-state index contributed by atoms with van der Waals surface area (Å²) in [6.07, 6.45) is 2.43. The van der Waals surface area contributed by atoms with Gasteiger partial charge in [0.25, 0.3) is 0 Å². The number of anilines is 1. The van der Waals surface area contributed by atoms with Gasteiger partial charge in [-0.2, -0.15) is 0 Å². The number of nitrogen functional groups attached to an aromatic ring is 1. The molecule has 82 valence electrons. The second kappa shape index (κ2) is 4.31. The van der Waals surface area contributed by atoms with Crippen molar-refractivity contribution in [3.05, 3.63) is 53.0 Å². The molecule has 0 bridgehead atoms. The molecule has 0 atom stereocenters. The van der Waals surface area contributed by atoms with Gasteiger partial charge in [-0.25, -0.2) is 9.97 Å². The fraction of sp³-hybridized carbons (Fsp3) is 0.231. The van der Waals surface area contributed by atoms with Gasteiger partial charge in [-0.3, -0.25) is 0 Å². The molecule has 0 amide bonds. The van der Waals surface area contributed by atoms with Crippen LogP contribution in [0.1, 0.15) is 22.5 Å². The number of aromatic nitrogens is 2. The first-order valence-electron chi connectivity index (χ1n) is 5.28. The Balaban J connectivity index is 2.27. The van der Waals surface area contributed by atoms with Gasteiger partial charge in [0.05, 0.1) is 0 Å². The summed E-state index contributed by atoms with van der Waals surface area (Å²) in [5.41, 5.74) is 9.41. The smallest absolute Gasteiger partial charge is 0.135 e. The van der Waals surface area contributed by atoms with E-state index in [2.05, 4.69) is 42.0 Å². The van der Waals surface area contributed by atoms with Crippen molar-refractivity contribution in [1.82, 2.24) is 9.97 Å². The van der Waals surface area contributed by atoms with E-state index in [1.54, 1.807) is 12.3 Å². The van der Waals surface area contributed by atoms with Crippen molar-refractivity contribution in [2.45, 2.75) is 20.3 Å². The summed E-state index contributed by atoms with van der Waals surface area (Å²) in [4.78, 5) is 8.41. The summed E-state index contributed by atoms with van der Waals surface area (Å²) in [7, 11) is 0. The Bertz CT molecular complexity index is 506. The number of benzene rings is 1. The molecule has 0 spiro atoms. The van der Waals surface area contributed by atoms with E-state index in [4.69, 9.17) is 5.73 Å². The molecule has 1 aromatic heterocycles. The van der Waals surface area contributed by atoms with Crippen LogP contribution in [0.3, 0.4) is 0 Å². The summed E-state index contributed by atoms with van der Waals surface area (Å²) in [5.74, 6) is 1.29. The average Bonchev–Trinajstić information content (AvgIpc) is 2.22. The second-order valence-corrected chi connectivity index (χ2v) is 4.00. The normalized spacial score (nSPS) is 10.4. The van der Waals surface area contributed by atoms with Crippen LogP contribution >= 0.6 is 0 Å². The number of nitrogens with zero attached hydrogens (tertiary/aromatic N) is 2. The lowest BCUT2D eigenvalue weighted by Gasteiger charge is -2.06. The van der Waals surface area contributed by atoms with E-state index >= 15 is 0 Å². The Morgan fingerprint density at radius 3 is 2.69 bits per heavy atom. The van der Waals surface area contributed by atoms with Crippen LogP contribution in [0.15, 0.2) is 30.5 Å². The Hall–Kier alpha value is -1.90. The highest BCUT2D eigenvalue weighted by Crippen LogP contribution is 2.13. The monoisotopic (exact) mass is 213 g/mol. The average molecular weight is 213 g/mol. The highest BCUT2D eigenvalue weighted by Gasteiger charge is 2.03. The quantitative estimate of drug-likeness (QED) is 0.832. The summed E-state index contributed by atoms with van der Waals surface area (Å²) >= 11 is 0. The minimum atomic E-state index is 0.523. The summed E-state index contributed by atoms with van der Waals surface area (Å²) in [6, 6.07) is 8.10. The van der Waals surface area contributed by atoms with Crippen LogP contribution in [0.4, 0.5) is 5.82 Å². The first-order valence-corrected chi connectivity index (χ1v) is 5.28. The van der Waals surface area contributed by atoms with Crippen LogP contribution in [-0.2, 0) is 6.42 Å². The predicted molar refractivity (Wildman–Crippen MR) is 65.2 cm³/mol. The van der Waals surface area contributed by atoms with Crippen molar-refractivity contribution in [1.29, 1.82) is 0 Å². The van der Waals surface area contributed by atoms with Crippen LogP contribution in [0.2, 0.25) is 0 Å². The van der Waals surface area contributed by atoms with Crippen molar-refractivity contribution in [3.63, 3.8) is 0 Å². The molecule has 2 rings (SSSR count). The Morgan fingerprint density at radius 1 is 1.19 bits per heavy atom. The van der Waals surface area contributed by atoms with E-state index in [1.807, 2.05) is 0 Å². The van der Waals surface area contributed by atoms with Gasteiger partial charge in [-0.1, -0.05) is 23.8 Å². The number of hydrogen-bond donors (Lipinski definition) is 1. The molecule has 0 fully saturated rings. The van der Waals surface area contributed by atoms with Gasteiger partial charge in [-0.15, -0.1) is 0 Å². The third-order valence-corrected chi connectivity index (χ3v) is 2.57. The zero-order valence-corrected chi connectivity index (χ0v) is 9.57. The fourth-order valence-corrected chi connectivity index (χ4v) is 1.71. The lowest BCUT2D eigenvalue weighted by Crippen LogP contribution is -2.01. The molecule has 0 aliphatic heterocycles. The van der Waals surface area contributed by atoms with Gasteiger partial charge >= 0.3 is 0 Å². The topological polar surface area (TPSA) is 51.8 Å². The number of aryl methyl sites for hydroxylation is 2. The molecule has 1 heterocycles. The van der Waals surface area contributed by atoms with Crippen molar-refractivity contribution in [3.8, 4) is 0 Å². The van der Waals surface area contributed by atoms with Gasteiger partial charge in [0.15, 0.2) is 0 Å². The lowest BCUT2D eigenvalue weighted by atomic mass is 10.0. The maximum Gasteiger partial charge on any atom is 0.135 e. The number of nitrogens with two attached hydrogens (primary N) is 1. The molecule has 1 aromatic carbocycles. The maximum absolute atomic E-state index is 5.62. The first kappa shape index (κ1) is 10.6. The van der Waals surface area contributed by atoms with Gasteiger partial charge in [-0.05, 0) is 31.0 Å². The Labute approximate surface area is 95.4 Å². The van der Waals surface area contributed by atoms with Gasteiger partial charge in [0, 0.05) is 12.6 Å². The fourth-order valence-electron chi connectivity index (χ4n) is 1.71. The molecule has 0 saturated carbocycles. The first-order chi connectivity index (χ1) is 7.65. The summed E-state index contributed by atoms with van der Waals surface area (Å²) in [6.45, 7) is 4.20. The molecule has 3 nitrogen and oxygen atoms in total. The van der Waals surface area contributed by atoms with E-state index in [0.717, 1.165) is 12.2 Å². The minimum Gasteiger partial charge on any atom is -0.384 e. The summed E-state index contributed by atoms with van der Waals surface area (Å²) in [5, 5.41) is 0. The van der Waals surface area contributed by atoms with Crippen LogP contribution < -0.4 is 5.73 Å². The molecule has 0 saturated heterocycles. The highest BCUT2D eigenvalue weighted by atomic mass is 14.9. The number of hydrogen-bond acceptors (Lipinski definition) is 3. The van der Waals surface area contributed by atoms with Crippen LogP contribution in [0, 0.1) is 13.8 Å². The van der Waals surface area contributed by atoms with E-state index in [0.29, 0.717) is 5.82 Å². The molecule has 16 heavy (non-hydrogen) atoms. The lowest BCUT2D eigenvalue weighted by molar-refractivity contribution is 0.965.